The van der Waals surface area contributed by atoms with E-state index in [1.807, 2.05) is 0 Å². The second kappa shape index (κ2) is 9.01. The molecule has 3 aromatic heterocycles. The number of aromatic amines is 1. The highest BCUT2D eigenvalue weighted by Crippen LogP contribution is 2.30. The largest absolute Gasteiger partial charge is 0.365 e. The number of aryl methyl sites for hydroxylation is 1. The van der Waals surface area contributed by atoms with Crippen molar-refractivity contribution >= 4 is 22.6 Å². The van der Waals surface area contributed by atoms with Crippen LogP contribution in [0.3, 0.4) is 0 Å². The lowest BCUT2D eigenvalue weighted by molar-refractivity contribution is 0.0920. The van der Waals surface area contributed by atoms with E-state index >= 15 is 0 Å². The van der Waals surface area contributed by atoms with Crippen LogP contribution in [-0.2, 0) is 7.05 Å². The molecular weight excluding hydrogens is 461 g/mol. The predicted molar refractivity (Wildman–Crippen MR) is 122 cm³/mol. The number of amides is 1. The highest BCUT2D eigenvalue weighted by Gasteiger charge is 2.26. The molecule has 182 valence electrons. The summed E-state index contributed by atoms with van der Waals surface area (Å²) in [5.41, 5.74) is 1.42. The van der Waals surface area contributed by atoms with E-state index in [9.17, 15) is 18.0 Å². The van der Waals surface area contributed by atoms with E-state index < -0.39 is 17.5 Å². The summed E-state index contributed by atoms with van der Waals surface area (Å²) in [5.74, 6) is -2.29. The number of rotatable bonds is 5. The molecule has 2 atom stereocenters. The molecule has 4 aromatic rings. The monoisotopic (exact) mass is 484 g/mol. The number of aromatic nitrogens is 6. The molecule has 0 unspecified atom stereocenters. The van der Waals surface area contributed by atoms with Crippen molar-refractivity contribution in [1.82, 2.24) is 35.3 Å². The maximum atomic E-state index is 14.6. The summed E-state index contributed by atoms with van der Waals surface area (Å²) in [5, 5.41) is 14.1. The first-order valence-corrected chi connectivity index (χ1v) is 11.2. The normalized spacial score (nSPS) is 18.1. The number of fused-ring (bicyclic) bond motifs is 1. The molecule has 9 nitrogen and oxygen atoms in total. The van der Waals surface area contributed by atoms with Gasteiger partial charge in [0.1, 0.15) is 11.6 Å². The Morgan fingerprint density at radius 1 is 1.17 bits per heavy atom. The van der Waals surface area contributed by atoms with E-state index in [2.05, 4.69) is 35.9 Å². The third-order valence-corrected chi connectivity index (χ3v) is 6.36. The Morgan fingerprint density at radius 2 is 1.97 bits per heavy atom. The van der Waals surface area contributed by atoms with Gasteiger partial charge < -0.3 is 15.6 Å². The predicted octanol–water partition coefficient (Wildman–Crippen LogP) is 3.63. The summed E-state index contributed by atoms with van der Waals surface area (Å²) in [6.45, 7) is 1.77. The maximum Gasteiger partial charge on any atom is 0.273 e. The number of hydrogen-bond donors (Lipinski definition) is 3. The fourth-order valence-electron chi connectivity index (χ4n) is 4.45. The standard InChI is InChI=1S/C23H23F3N8O/c1-11-19(32-33-34(11)2)23(35)30-14-5-3-4-13(8-14)29-22-18(26)10-28-21(31-22)16-9-27-20-15(16)6-12(24)7-17(20)25/h6-7,9-10,13-14,27H,3-5,8H2,1-2H3,(H,30,35)(H,28,29,31)/t13-,14+/m0/s1. The molecule has 1 fully saturated rings. The van der Waals surface area contributed by atoms with Crippen LogP contribution in [0.5, 0.6) is 0 Å². The molecule has 3 heterocycles. The zero-order valence-electron chi connectivity index (χ0n) is 19.1. The molecule has 5 rings (SSSR count). The van der Waals surface area contributed by atoms with Gasteiger partial charge in [-0.05, 0) is 38.7 Å². The van der Waals surface area contributed by atoms with Gasteiger partial charge in [-0.1, -0.05) is 5.21 Å². The molecule has 12 heteroatoms. The first-order valence-electron chi connectivity index (χ1n) is 11.2. The molecular formula is C23H23F3N8O. The van der Waals surface area contributed by atoms with Crippen LogP contribution >= 0.6 is 0 Å². The summed E-state index contributed by atoms with van der Waals surface area (Å²) < 4.78 is 44.0. The smallest absolute Gasteiger partial charge is 0.273 e. The Kier molecular flexibility index (Phi) is 5.87. The van der Waals surface area contributed by atoms with Crippen molar-refractivity contribution in [2.45, 2.75) is 44.7 Å². The van der Waals surface area contributed by atoms with Gasteiger partial charge in [0.05, 0.1) is 17.4 Å². The lowest BCUT2D eigenvalue weighted by atomic mass is 9.91. The molecule has 0 radical (unpaired) electrons. The number of nitrogens with one attached hydrogen (secondary N) is 3. The van der Waals surface area contributed by atoms with Crippen molar-refractivity contribution in [1.29, 1.82) is 0 Å². The fourth-order valence-corrected chi connectivity index (χ4v) is 4.45. The molecule has 1 saturated carbocycles. The molecule has 3 N–H and O–H groups in total. The molecule has 0 saturated heterocycles. The van der Waals surface area contributed by atoms with E-state index in [1.54, 1.807) is 14.0 Å². The lowest BCUT2D eigenvalue weighted by Gasteiger charge is -2.30. The highest BCUT2D eigenvalue weighted by atomic mass is 19.1. The molecule has 1 aromatic carbocycles. The zero-order chi connectivity index (χ0) is 24.7. The number of halogens is 3. The number of H-pyrrole nitrogens is 1. The van der Waals surface area contributed by atoms with Gasteiger partial charge in [0, 0.05) is 42.3 Å². The van der Waals surface area contributed by atoms with Gasteiger partial charge in [-0.15, -0.1) is 5.10 Å². The van der Waals surface area contributed by atoms with Gasteiger partial charge in [-0.3, -0.25) is 9.48 Å². The number of carbonyl (C=O) groups is 1. The third kappa shape index (κ3) is 4.43. The summed E-state index contributed by atoms with van der Waals surface area (Å²) in [7, 11) is 1.72. The topological polar surface area (TPSA) is 113 Å². The minimum absolute atomic E-state index is 0.0111. The molecule has 0 bridgehead atoms. The van der Waals surface area contributed by atoms with Crippen LogP contribution in [-0.4, -0.2) is 47.9 Å². The molecule has 35 heavy (non-hydrogen) atoms. The van der Waals surface area contributed by atoms with Gasteiger partial charge in [0.15, 0.2) is 23.2 Å². The summed E-state index contributed by atoms with van der Waals surface area (Å²) in [6, 6.07) is 1.69. The number of benzene rings is 1. The maximum absolute atomic E-state index is 14.6. The van der Waals surface area contributed by atoms with Gasteiger partial charge >= 0.3 is 0 Å². The Bertz CT molecular complexity index is 1420. The molecule has 1 amide bonds. The SMILES string of the molecule is Cc1c(C(=O)N[C@@H]2CCC[C@H](Nc3nc(-c4c[nH]c5c(F)cc(F)cc45)ncc3F)C2)nnn1C. The number of nitrogens with zero attached hydrogens (tertiary/aromatic N) is 5. The Hall–Kier alpha value is -3.96. The fraction of sp³-hybridized carbons (Fsp3) is 0.348. The van der Waals surface area contributed by atoms with E-state index in [1.165, 1.54) is 16.9 Å². The van der Waals surface area contributed by atoms with Crippen LogP contribution in [0, 0.1) is 24.4 Å². The third-order valence-electron chi connectivity index (χ3n) is 6.36. The second-order valence-corrected chi connectivity index (χ2v) is 8.73. The first kappa shape index (κ1) is 22.8. The first-order chi connectivity index (χ1) is 16.8. The summed E-state index contributed by atoms with van der Waals surface area (Å²) in [4.78, 5) is 23.7. The van der Waals surface area contributed by atoms with Crippen molar-refractivity contribution in [2.24, 2.45) is 7.05 Å². The van der Waals surface area contributed by atoms with Crippen molar-refractivity contribution in [3.8, 4) is 11.4 Å². The quantitative estimate of drug-likeness (QED) is 0.399. The Labute approximate surface area is 198 Å². The Morgan fingerprint density at radius 3 is 2.74 bits per heavy atom. The van der Waals surface area contributed by atoms with E-state index in [0.29, 0.717) is 17.7 Å². The zero-order valence-corrected chi connectivity index (χ0v) is 19.1. The molecule has 1 aliphatic carbocycles. The van der Waals surface area contributed by atoms with Gasteiger partial charge in [-0.2, -0.15) is 0 Å². The summed E-state index contributed by atoms with van der Waals surface area (Å²) in [6.07, 6.45) is 5.42. The van der Waals surface area contributed by atoms with Gasteiger partial charge in [-0.25, -0.2) is 23.1 Å². The van der Waals surface area contributed by atoms with Crippen LogP contribution in [0.15, 0.2) is 24.5 Å². The number of anilines is 1. The Balaban J connectivity index is 1.33. The van der Waals surface area contributed by atoms with E-state index in [0.717, 1.165) is 31.5 Å². The minimum Gasteiger partial charge on any atom is -0.365 e. The van der Waals surface area contributed by atoms with Crippen molar-refractivity contribution < 1.29 is 18.0 Å². The van der Waals surface area contributed by atoms with Crippen LogP contribution in [0.25, 0.3) is 22.3 Å². The lowest BCUT2D eigenvalue weighted by Crippen LogP contribution is -2.42. The number of carbonyl (C=O) groups excluding carboxylic acids is 1. The average Bonchev–Trinajstić information content (AvgIpc) is 3.39. The van der Waals surface area contributed by atoms with Crippen LogP contribution in [0.2, 0.25) is 0 Å². The van der Waals surface area contributed by atoms with E-state index in [-0.39, 0.29) is 46.2 Å². The van der Waals surface area contributed by atoms with Crippen LogP contribution < -0.4 is 10.6 Å². The van der Waals surface area contributed by atoms with Gasteiger partial charge in [0.25, 0.3) is 5.91 Å². The molecule has 0 spiro atoms. The minimum atomic E-state index is -0.737. The average molecular weight is 484 g/mol. The van der Waals surface area contributed by atoms with Crippen LogP contribution in [0.4, 0.5) is 19.0 Å². The van der Waals surface area contributed by atoms with Crippen molar-refractivity contribution in [2.75, 3.05) is 5.32 Å². The molecule has 0 aliphatic heterocycles. The summed E-state index contributed by atoms with van der Waals surface area (Å²) >= 11 is 0. The van der Waals surface area contributed by atoms with Crippen molar-refractivity contribution in [3.05, 3.63) is 53.4 Å². The number of hydrogen-bond acceptors (Lipinski definition) is 6. The second-order valence-electron chi connectivity index (χ2n) is 8.73. The van der Waals surface area contributed by atoms with Crippen molar-refractivity contribution in [3.63, 3.8) is 0 Å². The van der Waals surface area contributed by atoms with E-state index in [4.69, 9.17) is 0 Å². The van der Waals surface area contributed by atoms with Crippen LogP contribution in [0.1, 0.15) is 41.9 Å². The molecule has 1 aliphatic rings. The van der Waals surface area contributed by atoms with Gasteiger partial charge in [0.2, 0.25) is 0 Å². The highest BCUT2D eigenvalue weighted by molar-refractivity contribution is 5.94.